The Bertz CT molecular complexity index is 493. The summed E-state index contributed by atoms with van der Waals surface area (Å²) in [6.07, 6.45) is 0. The molecule has 0 aliphatic heterocycles. The number of nitrogens with two attached hydrogens (primary N) is 1. The van der Waals surface area contributed by atoms with Crippen molar-refractivity contribution in [3.8, 4) is 5.75 Å². The highest BCUT2D eigenvalue weighted by Gasteiger charge is 2.08. The molecule has 0 aromatic heterocycles. The van der Waals surface area contributed by atoms with Crippen LogP contribution in [0.3, 0.4) is 0 Å². The highest BCUT2D eigenvalue weighted by Crippen LogP contribution is 2.33. The van der Waals surface area contributed by atoms with Crippen molar-refractivity contribution >= 4 is 46.7 Å². The predicted octanol–water partition coefficient (Wildman–Crippen LogP) is 2.53. The quantitative estimate of drug-likeness (QED) is 0.724. The Morgan fingerprint density at radius 1 is 1.20 bits per heavy atom. The summed E-state index contributed by atoms with van der Waals surface area (Å²) >= 11 is 17.1. The van der Waals surface area contributed by atoms with Gasteiger partial charge < -0.3 is 20.7 Å². The van der Waals surface area contributed by atoms with E-state index in [9.17, 15) is 9.59 Å². The number of carbonyl (C=O) groups is 2. The molecule has 0 saturated heterocycles. The number of hydrogen-bond acceptors (Lipinski definition) is 4. The van der Waals surface area contributed by atoms with Crippen LogP contribution in [0.2, 0.25) is 15.1 Å². The summed E-state index contributed by atoms with van der Waals surface area (Å²) < 4.78 is 4.86. The van der Waals surface area contributed by atoms with Crippen molar-refractivity contribution in [3.05, 3.63) is 27.2 Å². The van der Waals surface area contributed by atoms with E-state index < -0.39 is 24.6 Å². The van der Waals surface area contributed by atoms with Gasteiger partial charge in [-0.2, -0.15) is 0 Å². The van der Waals surface area contributed by atoms with Crippen molar-refractivity contribution in [2.75, 3.05) is 6.61 Å². The molecule has 1 aromatic rings. The lowest BCUT2D eigenvalue weighted by Gasteiger charge is -2.06. The number of carboxylic acid groups (broad SMARTS) is 2. The minimum Gasteiger partial charge on any atom is -0.480 e. The van der Waals surface area contributed by atoms with Crippen LogP contribution in [0, 0.1) is 0 Å². The molecule has 112 valence electrons. The van der Waals surface area contributed by atoms with E-state index in [0.29, 0.717) is 5.02 Å². The van der Waals surface area contributed by atoms with Crippen LogP contribution < -0.4 is 10.5 Å². The number of halogens is 3. The summed E-state index contributed by atoms with van der Waals surface area (Å²) in [7, 11) is 0. The van der Waals surface area contributed by atoms with Crippen LogP contribution in [0.4, 0.5) is 0 Å². The Kier molecular flexibility index (Phi) is 8.33. The molecule has 0 bridgehead atoms. The summed E-state index contributed by atoms with van der Waals surface area (Å²) in [6, 6.07) is 2.03. The SMILES string of the molecule is CC(N)C(=O)O.O=C(O)COc1cc(Cl)c(Cl)cc1Cl. The Balaban J connectivity index is 0.000000511. The minimum atomic E-state index is -1.09. The summed E-state index contributed by atoms with van der Waals surface area (Å²) in [5.74, 6) is -1.86. The van der Waals surface area contributed by atoms with Crippen LogP contribution >= 0.6 is 34.8 Å². The second-order valence-electron chi connectivity index (χ2n) is 3.51. The van der Waals surface area contributed by atoms with Gasteiger partial charge in [0.1, 0.15) is 11.8 Å². The average molecular weight is 345 g/mol. The van der Waals surface area contributed by atoms with E-state index in [4.69, 9.17) is 55.5 Å². The lowest BCUT2D eigenvalue weighted by atomic mass is 10.3. The van der Waals surface area contributed by atoms with E-state index in [0.717, 1.165) is 0 Å². The van der Waals surface area contributed by atoms with Crippen molar-refractivity contribution < 1.29 is 24.5 Å². The maximum atomic E-state index is 10.2. The molecule has 0 amide bonds. The van der Waals surface area contributed by atoms with Gasteiger partial charge in [0.2, 0.25) is 0 Å². The molecule has 1 rings (SSSR count). The number of rotatable bonds is 4. The normalized spacial score (nSPS) is 11.1. The fourth-order valence-corrected chi connectivity index (χ4v) is 1.35. The van der Waals surface area contributed by atoms with Crippen molar-refractivity contribution in [3.63, 3.8) is 0 Å². The van der Waals surface area contributed by atoms with Crippen LogP contribution in [0.25, 0.3) is 0 Å². The largest absolute Gasteiger partial charge is 0.480 e. The van der Waals surface area contributed by atoms with Gasteiger partial charge >= 0.3 is 11.9 Å². The van der Waals surface area contributed by atoms with Gasteiger partial charge in [0, 0.05) is 6.07 Å². The van der Waals surface area contributed by atoms with Gasteiger partial charge in [0.05, 0.1) is 15.1 Å². The zero-order valence-electron chi connectivity index (χ0n) is 10.3. The third-order valence-corrected chi connectivity index (χ3v) is 2.73. The van der Waals surface area contributed by atoms with Gasteiger partial charge in [0.15, 0.2) is 6.61 Å². The molecule has 0 spiro atoms. The Morgan fingerprint density at radius 2 is 1.65 bits per heavy atom. The van der Waals surface area contributed by atoms with Crippen molar-refractivity contribution in [2.45, 2.75) is 13.0 Å². The zero-order valence-corrected chi connectivity index (χ0v) is 12.5. The van der Waals surface area contributed by atoms with Gasteiger partial charge in [-0.05, 0) is 13.0 Å². The topological polar surface area (TPSA) is 110 Å². The third kappa shape index (κ3) is 7.40. The minimum absolute atomic E-state index is 0.198. The fourth-order valence-electron chi connectivity index (χ4n) is 0.754. The first-order valence-electron chi connectivity index (χ1n) is 5.12. The van der Waals surface area contributed by atoms with Gasteiger partial charge in [-0.1, -0.05) is 34.8 Å². The highest BCUT2D eigenvalue weighted by molar-refractivity contribution is 6.43. The molecule has 1 atom stereocenters. The molecule has 6 nitrogen and oxygen atoms in total. The molecule has 0 radical (unpaired) electrons. The molecule has 0 aliphatic carbocycles. The average Bonchev–Trinajstić information content (AvgIpc) is 2.32. The van der Waals surface area contributed by atoms with Gasteiger partial charge in [0.25, 0.3) is 0 Å². The molecule has 4 N–H and O–H groups in total. The third-order valence-electron chi connectivity index (χ3n) is 1.72. The maximum absolute atomic E-state index is 10.2. The molecule has 20 heavy (non-hydrogen) atoms. The van der Waals surface area contributed by atoms with Crippen LogP contribution in [-0.4, -0.2) is 34.8 Å². The number of carboxylic acids is 2. The fraction of sp³-hybridized carbons (Fsp3) is 0.273. The van der Waals surface area contributed by atoms with Crippen LogP contribution in [-0.2, 0) is 9.59 Å². The summed E-state index contributed by atoms with van der Waals surface area (Å²) in [5.41, 5.74) is 4.84. The maximum Gasteiger partial charge on any atom is 0.341 e. The molecule has 0 saturated carbocycles. The van der Waals surface area contributed by atoms with E-state index in [1.165, 1.54) is 19.1 Å². The monoisotopic (exact) mass is 343 g/mol. The molecule has 0 heterocycles. The Hall–Kier alpha value is -1.21. The van der Waals surface area contributed by atoms with E-state index in [1.54, 1.807) is 0 Å². The first-order chi connectivity index (χ1) is 9.15. The second kappa shape index (κ2) is 8.86. The second-order valence-corrected chi connectivity index (χ2v) is 4.73. The summed E-state index contributed by atoms with van der Waals surface area (Å²) in [6.45, 7) is 0.944. The van der Waals surface area contributed by atoms with Crippen molar-refractivity contribution in [1.82, 2.24) is 0 Å². The molecule has 9 heteroatoms. The van der Waals surface area contributed by atoms with Crippen LogP contribution in [0.15, 0.2) is 12.1 Å². The zero-order chi connectivity index (χ0) is 15.9. The van der Waals surface area contributed by atoms with Gasteiger partial charge in [-0.15, -0.1) is 0 Å². The van der Waals surface area contributed by atoms with E-state index in [1.807, 2.05) is 0 Å². The molecule has 1 unspecified atom stereocenters. The standard InChI is InChI=1S/C8H5Cl3O3.C3H7NO2/c9-4-1-6(11)7(2-5(4)10)14-3-8(12)13;1-2(4)3(5)6/h1-2H,3H2,(H,12,13);2H,4H2,1H3,(H,5,6). The Labute approximate surface area is 130 Å². The lowest BCUT2D eigenvalue weighted by Crippen LogP contribution is -2.25. The molecule has 0 fully saturated rings. The van der Waals surface area contributed by atoms with Crippen molar-refractivity contribution in [2.24, 2.45) is 5.73 Å². The van der Waals surface area contributed by atoms with E-state index >= 15 is 0 Å². The molecular formula is C11H12Cl3NO5. The van der Waals surface area contributed by atoms with E-state index in [-0.39, 0.29) is 15.8 Å². The first kappa shape index (κ1) is 18.8. The number of hydrogen-bond donors (Lipinski definition) is 3. The Morgan fingerprint density at radius 3 is 2.05 bits per heavy atom. The van der Waals surface area contributed by atoms with Crippen molar-refractivity contribution in [1.29, 1.82) is 0 Å². The summed E-state index contributed by atoms with van der Waals surface area (Å²) in [4.78, 5) is 19.8. The molecule has 0 aliphatic rings. The lowest BCUT2D eigenvalue weighted by molar-refractivity contribution is -0.139. The number of ether oxygens (including phenoxy) is 1. The smallest absolute Gasteiger partial charge is 0.341 e. The van der Waals surface area contributed by atoms with Crippen LogP contribution in [0.1, 0.15) is 6.92 Å². The first-order valence-corrected chi connectivity index (χ1v) is 6.26. The molecular weight excluding hydrogens is 332 g/mol. The number of aliphatic carboxylic acids is 2. The number of benzene rings is 1. The highest BCUT2D eigenvalue weighted by atomic mass is 35.5. The van der Waals surface area contributed by atoms with Crippen LogP contribution in [0.5, 0.6) is 5.75 Å². The van der Waals surface area contributed by atoms with E-state index in [2.05, 4.69) is 0 Å². The van der Waals surface area contributed by atoms with Gasteiger partial charge in [-0.25, -0.2) is 4.79 Å². The molecule has 1 aromatic carbocycles. The van der Waals surface area contributed by atoms with Gasteiger partial charge in [-0.3, -0.25) is 4.79 Å². The summed E-state index contributed by atoms with van der Waals surface area (Å²) in [5, 5.41) is 17.0. The predicted molar refractivity (Wildman–Crippen MR) is 75.9 cm³/mol.